The van der Waals surface area contributed by atoms with E-state index in [1.54, 1.807) is 20.8 Å². The van der Waals surface area contributed by atoms with Gasteiger partial charge < -0.3 is 26.0 Å². The van der Waals surface area contributed by atoms with Gasteiger partial charge in [-0.05, 0) is 25.7 Å². The summed E-state index contributed by atoms with van der Waals surface area (Å²) in [4.78, 5) is 82.6. The summed E-state index contributed by atoms with van der Waals surface area (Å²) in [6.07, 6.45) is 17.3. The van der Waals surface area contributed by atoms with Crippen molar-refractivity contribution in [3.63, 3.8) is 0 Å². The molecular formula is C37H64N2O10. The first-order valence-electron chi connectivity index (χ1n) is 18.4. The fourth-order valence-electron chi connectivity index (χ4n) is 5.42. The molecule has 0 aromatic rings. The molecule has 0 spiro atoms. The van der Waals surface area contributed by atoms with Gasteiger partial charge in [0.15, 0.2) is 0 Å². The van der Waals surface area contributed by atoms with Crippen LogP contribution in [0.1, 0.15) is 175 Å². The van der Waals surface area contributed by atoms with Gasteiger partial charge in [-0.15, -0.1) is 0 Å². The Kier molecular flexibility index (Phi) is 25.6. The summed E-state index contributed by atoms with van der Waals surface area (Å²) in [6.45, 7) is 5.18. The summed E-state index contributed by atoms with van der Waals surface area (Å²) < 4.78 is 0. The first-order valence-corrected chi connectivity index (χ1v) is 18.4. The fraction of sp³-hybridized carbons (Fsp3) is 0.811. The number of carbonyl (C=O) groups excluding carboxylic acids is 4. The predicted molar refractivity (Wildman–Crippen MR) is 187 cm³/mol. The van der Waals surface area contributed by atoms with Crippen LogP contribution in [0.5, 0.6) is 0 Å². The average Bonchev–Trinajstić information content (AvgIpc) is 3.02. The first-order chi connectivity index (χ1) is 23.1. The smallest absolute Gasteiger partial charge is 0.326 e. The molecule has 0 aromatic heterocycles. The number of Topliss-reactive ketones (excluding diaryl/α,β-unsaturated/α-hetero) is 2. The van der Waals surface area contributed by atoms with Crippen molar-refractivity contribution in [1.82, 2.24) is 10.6 Å². The maximum absolute atomic E-state index is 12.3. The SMILES string of the molecule is CC(C)(C)C(=O)CCC(NC(=O)CCC(=O)CCC(NC(=O)CCCCCCCCCCCCCCCCCCC(=O)O)C(=O)O)C(=O)O. The van der Waals surface area contributed by atoms with Gasteiger partial charge in [0.05, 0.1) is 0 Å². The highest BCUT2D eigenvalue weighted by molar-refractivity contribution is 5.89. The van der Waals surface area contributed by atoms with Crippen LogP contribution < -0.4 is 10.6 Å². The Bertz CT molecular complexity index is 1020. The number of aliphatic carboxylic acids is 3. The number of hydrogen-bond acceptors (Lipinski definition) is 7. The van der Waals surface area contributed by atoms with E-state index in [9.17, 15) is 43.8 Å². The van der Waals surface area contributed by atoms with Crippen LogP contribution in [0.15, 0.2) is 0 Å². The Morgan fingerprint density at radius 3 is 1.16 bits per heavy atom. The van der Waals surface area contributed by atoms with Gasteiger partial charge >= 0.3 is 17.9 Å². The monoisotopic (exact) mass is 696 g/mol. The number of nitrogens with one attached hydrogen (secondary N) is 2. The van der Waals surface area contributed by atoms with E-state index in [0.717, 1.165) is 44.9 Å². The summed E-state index contributed by atoms with van der Waals surface area (Å²) in [5.41, 5.74) is -0.621. The van der Waals surface area contributed by atoms with Crippen molar-refractivity contribution in [1.29, 1.82) is 0 Å². The van der Waals surface area contributed by atoms with Gasteiger partial charge in [0.1, 0.15) is 23.7 Å². The molecule has 0 saturated heterocycles. The number of hydrogen-bond donors (Lipinski definition) is 5. The zero-order valence-corrected chi connectivity index (χ0v) is 30.3. The van der Waals surface area contributed by atoms with Crippen molar-refractivity contribution >= 4 is 41.3 Å². The molecule has 0 radical (unpaired) electrons. The third kappa shape index (κ3) is 27.2. The van der Waals surface area contributed by atoms with Gasteiger partial charge in [-0.1, -0.05) is 111 Å². The number of ketones is 2. The average molecular weight is 697 g/mol. The van der Waals surface area contributed by atoms with Gasteiger partial charge in [-0.2, -0.15) is 0 Å². The zero-order valence-electron chi connectivity index (χ0n) is 30.3. The standard InChI is InChI=1S/C37H64N2O10/c1-37(2,3)31(41)26-25-30(36(48)49)39-33(43)27-23-28(40)22-24-29(35(46)47)38-32(42)20-18-16-14-12-10-8-6-4-5-7-9-11-13-15-17-19-21-34(44)45/h29-30H,4-27H2,1-3H3,(H,38,42)(H,39,43)(H,44,45)(H,46,47)(H,48,49). The quantitative estimate of drug-likeness (QED) is 0.0468. The number of amides is 2. The molecule has 0 aliphatic carbocycles. The summed E-state index contributed by atoms with van der Waals surface area (Å²) in [5, 5.41) is 32.3. The van der Waals surface area contributed by atoms with Crippen molar-refractivity contribution in [2.24, 2.45) is 5.41 Å². The van der Waals surface area contributed by atoms with Crippen molar-refractivity contribution in [3.05, 3.63) is 0 Å². The predicted octanol–water partition coefficient (Wildman–Crippen LogP) is 6.76. The highest BCUT2D eigenvalue weighted by Gasteiger charge is 2.26. The maximum atomic E-state index is 12.3. The normalized spacial score (nSPS) is 12.6. The largest absolute Gasteiger partial charge is 0.481 e. The molecular weight excluding hydrogens is 632 g/mol. The van der Waals surface area contributed by atoms with Crippen LogP contribution in [-0.4, -0.2) is 68.7 Å². The second-order valence-electron chi connectivity index (χ2n) is 14.3. The second-order valence-corrected chi connectivity index (χ2v) is 14.3. The molecule has 0 rings (SSSR count). The lowest BCUT2D eigenvalue weighted by Gasteiger charge is -2.19. The van der Waals surface area contributed by atoms with Gasteiger partial charge in [0, 0.05) is 43.9 Å². The molecule has 12 heteroatoms. The number of unbranched alkanes of at least 4 members (excludes halogenated alkanes) is 15. The van der Waals surface area contributed by atoms with E-state index in [2.05, 4.69) is 10.6 Å². The molecule has 0 aliphatic heterocycles. The third-order valence-electron chi connectivity index (χ3n) is 8.65. The van der Waals surface area contributed by atoms with Crippen LogP contribution >= 0.6 is 0 Å². The molecule has 282 valence electrons. The molecule has 0 aliphatic rings. The number of carboxylic acid groups (broad SMARTS) is 3. The van der Waals surface area contributed by atoms with E-state index in [1.165, 1.54) is 51.4 Å². The molecule has 0 heterocycles. The lowest BCUT2D eigenvalue weighted by atomic mass is 9.87. The number of carbonyl (C=O) groups is 7. The van der Waals surface area contributed by atoms with Crippen LogP contribution in [0.25, 0.3) is 0 Å². The Labute approximate surface area is 292 Å². The van der Waals surface area contributed by atoms with E-state index in [1.807, 2.05) is 0 Å². The van der Waals surface area contributed by atoms with Gasteiger partial charge in [-0.3, -0.25) is 24.0 Å². The molecule has 0 aromatic carbocycles. The van der Waals surface area contributed by atoms with E-state index in [0.29, 0.717) is 6.42 Å². The lowest BCUT2D eigenvalue weighted by molar-refractivity contribution is -0.142. The number of carboxylic acids is 3. The van der Waals surface area contributed by atoms with Gasteiger partial charge in [0.2, 0.25) is 11.8 Å². The second kappa shape index (κ2) is 27.5. The highest BCUT2D eigenvalue weighted by atomic mass is 16.4. The van der Waals surface area contributed by atoms with Crippen molar-refractivity contribution < 1.29 is 48.9 Å². The molecule has 0 bridgehead atoms. The minimum atomic E-state index is -1.27. The van der Waals surface area contributed by atoms with E-state index < -0.39 is 41.3 Å². The zero-order chi connectivity index (χ0) is 37.1. The molecule has 2 amide bonds. The third-order valence-corrected chi connectivity index (χ3v) is 8.65. The maximum Gasteiger partial charge on any atom is 0.326 e. The molecule has 5 N–H and O–H groups in total. The van der Waals surface area contributed by atoms with Crippen LogP contribution in [-0.2, 0) is 33.6 Å². The van der Waals surface area contributed by atoms with Crippen LogP contribution in [0, 0.1) is 5.41 Å². The van der Waals surface area contributed by atoms with Gasteiger partial charge in [-0.25, -0.2) is 9.59 Å². The van der Waals surface area contributed by atoms with E-state index in [4.69, 9.17) is 5.11 Å². The Morgan fingerprint density at radius 1 is 0.449 bits per heavy atom. The topological polar surface area (TPSA) is 204 Å². The summed E-state index contributed by atoms with van der Waals surface area (Å²) in [5.74, 6) is -4.73. The van der Waals surface area contributed by atoms with Crippen LogP contribution in [0.4, 0.5) is 0 Å². The summed E-state index contributed by atoms with van der Waals surface area (Å²) in [7, 11) is 0. The Balaban J connectivity index is 3.98. The number of rotatable bonds is 32. The Morgan fingerprint density at radius 2 is 0.796 bits per heavy atom. The molecule has 0 saturated carbocycles. The van der Waals surface area contributed by atoms with Gasteiger partial charge in [0.25, 0.3) is 0 Å². The van der Waals surface area contributed by atoms with Crippen LogP contribution in [0.2, 0.25) is 0 Å². The highest BCUT2D eigenvalue weighted by Crippen LogP contribution is 2.19. The molecule has 0 fully saturated rings. The molecule has 49 heavy (non-hydrogen) atoms. The Hall–Kier alpha value is -3.31. The summed E-state index contributed by atoms with van der Waals surface area (Å²) >= 11 is 0. The first kappa shape index (κ1) is 45.7. The van der Waals surface area contributed by atoms with Crippen LogP contribution in [0.3, 0.4) is 0 Å². The lowest BCUT2D eigenvalue weighted by Crippen LogP contribution is -2.42. The minimum Gasteiger partial charge on any atom is -0.481 e. The fourth-order valence-corrected chi connectivity index (χ4v) is 5.42. The van der Waals surface area contributed by atoms with E-state index >= 15 is 0 Å². The molecule has 12 nitrogen and oxygen atoms in total. The molecule has 2 atom stereocenters. The summed E-state index contributed by atoms with van der Waals surface area (Å²) in [6, 6.07) is -2.46. The van der Waals surface area contributed by atoms with E-state index in [-0.39, 0.29) is 68.8 Å². The van der Waals surface area contributed by atoms with Crippen molar-refractivity contribution in [2.45, 2.75) is 187 Å². The molecule has 2 unspecified atom stereocenters. The van der Waals surface area contributed by atoms with Crippen molar-refractivity contribution in [2.75, 3.05) is 0 Å². The minimum absolute atomic E-state index is 0.00739. The van der Waals surface area contributed by atoms with Crippen molar-refractivity contribution in [3.8, 4) is 0 Å².